The van der Waals surface area contributed by atoms with Crippen molar-refractivity contribution in [2.75, 3.05) is 20.7 Å². The number of allylic oxidation sites excluding steroid dienone is 2. The average Bonchev–Trinajstić information content (AvgIpc) is 3.16. The van der Waals surface area contributed by atoms with Gasteiger partial charge >= 0.3 is 5.97 Å². The Bertz CT molecular complexity index is 1250. The first-order valence-corrected chi connectivity index (χ1v) is 12.5. The molecule has 2 atom stereocenters. The highest BCUT2D eigenvalue weighted by molar-refractivity contribution is 6.20. The van der Waals surface area contributed by atoms with Gasteiger partial charge in [0.2, 0.25) is 0 Å². The molecule has 3 heterocycles. The number of carbonyl (C=O) groups is 1. The fourth-order valence-electron chi connectivity index (χ4n) is 6.41. The summed E-state index contributed by atoms with van der Waals surface area (Å²) in [6.45, 7) is 3.00. The Kier molecular flexibility index (Phi) is 5.40. The standard InChI is InChI=1S/C28H31FN4O2/c1-4-24-26(16-7-8-30-23(12-16)17-9-18(10-17)28(34)35-3)27-21(14-33(24)2)20-13-19(29)11-15-5-6-22(25(15)20)31-32-27/h5-7,11,13-14,17-18,23-24,30,32H,4,8-10,12H2,1-3H3/t17-,18+,23?,24-/m0/s1. The van der Waals surface area contributed by atoms with E-state index in [0.717, 1.165) is 65.9 Å². The number of carbonyl (C=O) groups excluding carboxylic acids is 1. The lowest BCUT2D eigenvalue weighted by Crippen LogP contribution is -2.47. The van der Waals surface area contributed by atoms with E-state index in [1.165, 1.54) is 18.3 Å². The smallest absolute Gasteiger partial charge is 0.308 e. The molecule has 1 saturated carbocycles. The summed E-state index contributed by atoms with van der Waals surface area (Å²) in [6.07, 6.45) is 11.9. The van der Waals surface area contributed by atoms with E-state index in [4.69, 9.17) is 9.84 Å². The van der Waals surface area contributed by atoms with Crippen LogP contribution in [0.3, 0.4) is 0 Å². The van der Waals surface area contributed by atoms with Crippen molar-refractivity contribution in [1.29, 1.82) is 0 Å². The molecule has 2 N–H and O–H groups in total. The molecule has 0 aromatic heterocycles. The first-order valence-electron chi connectivity index (χ1n) is 12.5. The second-order valence-corrected chi connectivity index (χ2v) is 10.2. The van der Waals surface area contributed by atoms with Gasteiger partial charge in [-0.05, 0) is 66.5 Å². The van der Waals surface area contributed by atoms with E-state index in [-0.39, 0.29) is 23.7 Å². The van der Waals surface area contributed by atoms with Crippen LogP contribution in [0.2, 0.25) is 0 Å². The number of halogens is 1. The maximum Gasteiger partial charge on any atom is 0.308 e. The Balaban J connectivity index is 1.38. The lowest BCUT2D eigenvalue weighted by atomic mass is 9.68. The van der Waals surface area contributed by atoms with Crippen molar-refractivity contribution in [3.05, 3.63) is 69.8 Å². The van der Waals surface area contributed by atoms with Crippen molar-refractivity contribution in [2.45, 2.75) is 44.7 Å². The predicted molar refractivity (Wildman–Crippen MR) is 135 cm³/mol. The third kappa shape index (κ3) is 3.56. The number of benzene rings is 1. The van der Waals surface area contributed by atoms with Gasteiger partial charge < -0.3 is 15.0 Å². The van der Waals surface area contributed by atoms with Crippen LogP contribution in [-0.2, 0) is 9.53 Å². The van der Waals surface area contributed by atoms with E-state index < -0.39 is 0 Å². The Morgan fingerprint density at radius 3 is 2.89 bits per heavy atom. The van der Waals surface area contributed by atoms with Crippen LogP contribution >= 0.6 is 0 Å². The van der Waals surface area contributed by atoms with Gasteiger partial charge in [0, 0.05) is 42.5 Å². The van der Waals surface area contributed by atoms with Crippen LogP contribution in [0.25, 0.3) is 11.6 Å². The van der Waals surface area contributed by atoms with E-state index in [1.54, 1.807) is 12.1 Å². The monoisotopic (exact) mass is 474 g/mol. The van der Waals surface area contributed by atoms with Crippen molar-refractivity contribution >= 4 is 23.3 Å². The minimum Gasteiger partial charge on any atom is -0.469 e. The molecule has 0 saturated heterocycles. The highest BCUT2D eigenvalue weighted by Crippen LogP contribution is 2.44. The molecule has 1 fully saturated rings. The molecule has 182 valence electrons. The van der Waals surface area contributed by atoms with Gasteiger partial charge in [0.15, 0.2) is 0 Å². The van der Waals surface area contributed by atoms with Gasteiger partial charge in [-0.3, -0.25) is 10.2 Å². The van der Waals surface area contributed by atoms with Crippen molar-refractivity contribution in [2.24, 2.45) is 16.9 Å². The number of methoxy groups -OCH3 is 1. The van der Waals surface area contributed by atoms with E-state index in [9.17, 15) is 9.18 Å². The summed E-state index contributed by atoms with van der Waals surface area (Å²) in [5.74, 6) is 0.159. The number of hydrogen-bond donors (Lipinski definition) is 2. The van der Waals surface area contributed by atoms with Crippen LogP contribution in [0.4, 0.5) is 4.39 Å². The molecule has 6 nitrogen and oxygen atoms in total. The first-order chi connectivity index (χ1) is 17.0. The lowest BCUT2D eigenvalue weighted by Gasteiger charge is -2.43. The fraction of sp³-hybridized carbons (Fsp3) is 0.429. The molecular formula is C28H31FN4O2. The van der Waals surface area contributed by atoms with Crippen molar-refractivity contribution < 1.29 is 13.9 Å². The maximum absolute atomic E-state index is 14.6. The molecule has 2 aliphatic carbocycles. The summed E-state index contributed by atoms with van der Waals surface area (Å²) in [5.41, 5.74) is 11.5. The number of esters is 1. The summed E-state index contributed by atoms with van der Waals surface area (Å²) in [4.78, 5) is 14.2. The first kappa shape index (κ1) is 22.3. The molecule has 0 amide bonds. The fourth-order valence-corrected chi connectivity index (χ4v) is 6.41. The number of fused-ring (bicyclic) bond motifs is 2. The zero-order valence-corrected chi connectivity index (χ0v) is 20.4. The van der Waals surface area contributed by atoms with E-state index in [0.29, 0.717) is 12.0 Å². The number of ether oxygens (including phenoxy) is 1. The molecule has 5 aliphatic rings. The highest BCUT2D eigenvalue weighted by Gasteiger charge is 2.42. The van der Waals surface area contributed by atoms with Crippen LogP contribution in [0, 0.1) is 17.7 Å². The molecule has 7 heteroatoms. The average molecular weight is 475 g/mol. The van der Waals surface area contributed by atoms with Gasteiger partial charge in [-0.15, -0.1) is 0 Å². The summed E-state index contributed by atoms with van der Waals surface area (Å²) < 4.78 is 19.6. The number of nitrogens with one attached hydrogen (secondary N) is 2. The minimum atomic E-state index is -0.236. The molecular weight excluding hydrogens is 443 g/mol. The van der Waals surface area contributed by atoms with E-state index in [1.807, 2.05) is 12.2 Å². The summed E-state index contributed by atoms with van der Waals surface area (Å²) in [7, 11) is 3.57. The molecule has 0 radical (unpaired) electrons. The maximum atomic E-state index is 14.6. The van der Waals surface area contributed by atoms with Crippen LogP contribution < -0.4 is 10.7 Å². The van der Waals surface area contributed by atoms with Crippen LogP contribution in [0.1, 0.15) is 49.3 Å². The summed E-state index contributed by atoms with van der Waals surface area (Å²) >= 11 is 0. The minimum absolute atomic E-state index is 0.0254. The number of rotatable bonds is 4. The van der Waals surface area contributed by atoms with Crippen LogP contribution in [-0.4, -0.2) is 49.4 Å². The molecule has 0 spiro atoms. The summed E-state index contributed by atoms with van der Waals surface area (Å²) in [6, 6.07) is 3.74. The third-order valence-electron chi connectivity index (χ3n) is 8.26. The quantitative estimate of drug-likeness (QED) is 0.647. The number of likely N-dealkylation sites (N-methyl/N-ethyl adjacent to an activating group) is 1. The highest BCUT2D eigenvalue weighted by atomic mass is 19.1. The molecule has 3 aliphatic heterocycles. The predicted octanol–water partition coefficient (Wildman–Crippen LogP) is 3.97. The Hall–Kier alpha value is -3.19. The Labute approximate surface area is 205 Å². The zero-order valence-electron chi connectivity index (χ0n) is 20.4. The number of hydrazone groups is 1. The molecule has 1 aromatic carbocycles. The van der Waals surface area contributed by atoms with Crippen LogP contribution in [0.15, 0.2) is 52.4 Å². The summed E-state index contributed by atoms with van der Waals surface area (Å²) in [5, 5.41) is 8.41. The molecule has 6 rings (SSSR count). The third-order valence-corrected chi connectivity index (χ3v) is 8.26. The lowest BCUT2D eigenvalue weighted by molar-refractivity contribution is -0.150. The van der Waals surface area contributed by atoms with Gasteiger partial charge in [0.25, 0.3) is 0 Å². The molecule has 1 unspecified atom stereocenters. The zero-order chi connectivity index (χ0) is 24.3. The Morgan fingerprint density at radius 1 is 1.29 bits per heavy atom. The largest absolute Gasteiger partial charge is 0.469 e. The number of hydrogen-bond acceptors (Lipinski definition) is 6. The second kappa shape index (κ2) is 8.48. The van der Waals surface area contributed by atoms with Gasteiger partial charge in [-0.2, -0.15) is 5.10 Å². The van der Waals surface area contributed by atoms with Gasteiger partial charge in [-0.25, -0.2) is 4.39 Å². The topological polar surface area (TPSA) is 66.0 Å². The number of nitrogens with zero attached hydrogens (tertiary/aromatic N) is 2. The molecule has 35 heavy (non-hydrogen) atoms. The van der Waals surface area contributed by atoms with Gasteiger partial charge in [-0.1, -0.05) is 19.1 Å². The van der Waals surface area contributed by atoms with Gasteiger partial charge in [0.1, 0.15) is 5.82 Å². The molecule has 1 aromatic rings. The normalized spacial score (nSPS) is 28.7. The second-order valence-electron chi connectivity index (χ2n) is 10.2. The van der Waals surface area contributed by atoms with Crippen LogP contribution in [0.5, 0.6) is 0 Å². The van der Waals surface area contributed by atoms with E-state index >= 15 is 0 Å². The SMILES string of the molecule is CC[C@H]1C(C2=CCNC([C@H]3C[C@@H](C(=O)OC)C3)C2)=C2NN=C3C=Cc4cc(F)cc(c43)C2=CN1C. The van der Waals surface area contributed by atoms with Crippen molar-refractivity contribution in [3.8, 4) is 0 Å². The van der Waals surface area contributed by atoms with Gasteiger partial charge in [0.05, 0.1) is 30.5 Å². The Morgan fingerprint density at radius 2 is 2.11 bits per heavy atom. The van der Waals surface area contributed by atoms with E-state index in [2.05, 4.69) is 41.9 Å². The van der Waals surface area contributed by atoms with Crippen molar-refractivity contribution in [3.63, 3.8) is 0 Å². The molecule has 0 bridgehead atoms. The van der Waals surface area contributed by atoms with Crippen molar-refractivity contribution in [1.82, 2.24) is 15.6 Å².